The number of hydrogen-bond donors (Lipinski definition) is 1. The van der Waals surface area contributed by atoms with Gasteiger partial charge in [-0.15, -0.1) is 0 Å². The minimum absolute atomic E-state index is 0.170. The first kappa shape index (κ1) is 24.3. The molecule has 2 unspecified atom stereocenters. The van der Waals surface area contributed by atoms with Crippen LogP contribution in [-0.2, 0) is 21.8 Å². The number of carbonyl (C=O) groups is 1. The SMILES string of the molecule is O=C(Nc1ccc(OCC2COC(Cn3ccnc3)(c3ccc(Cl)cc3Cl)O2)cc1)c1ccccc1. The van der Waals surface area contributed by atoms with Crippen molar-refractivity contribution in [2.45, 2.75) is 18.4 Å². The Bertz CT molecular complexity index is 1320. The molecule has 1 fully saturated rings. The summed E-state index contributed by atoms with van der Waals surface area (Å²) in [5.41, 5.74) is 1.95. The van der Waals surface area contributed by atoms with E-state index in [1.165, 1.54) is 0 Å². The maximum atomic E-state index is 12.3. The molecule has 2 heterocycles. The lowest BCUT2D eigenvalue weighted by Crippen LogP contribution is -2.34. The molecule has 0 spiro atoms. The Labute approximate surface area is 218 Å². The highest BCUT2D eigenvalue weighted by Gasteiger charge is 2.45. The van der Waals surface area contributed by atoms with Crippen LogP contribution >= 0.6 is 23.2 Å². The smallest absolute Gasteiger partial charge is 0.255 e. The minimum atomic E-state index is -1.11. The second-order valence-corrected chi connectivity index (χ2v) is 9.16. The van der Waals surface area contributed by atoms with Gasteiger partial charge in [-0.25, -0.2) is 4.98 Å². The van der Waals surface area contributed by atoms with E-state index in [0.717, 1.165) is 0 Å². The van der Waals surface area contributed by atoms with Crippen molar-refractivity contribution in [3.8, 4) is 5.75 Å². The number of benzene rings is 3. The number of amides is 1. The Hall–Kier alpha value is -3.36. The Morgan fingerprint density at radius 3 is 2.64 bits per heavy atom. The number of hydrogen-bond acceptors (Lipinski definition) is 5. The van der Waals surface area contributed by atoms with Crippen LogP contribution in [-0.4, -0.2) is 34.8 Å². The molecular weight excluding hydrogens is 501 g/mol. The van der Waals surface area contributed by atoms with E-state index in [1.807, 2.05) is 35.0 Å². The molecule has 1 N–H and O–H groups in total. The number of carbonyl (C=O) groups excluding carboxylic acids is 1. The lowest BCUT2D eigenvalue weighted by Gasteiger charge is -2.30. The van der Waals surface area contributed by atoms with E-state index in [-0.39, 0.29) is 18.6 Å². The molecule has 2 atom stereocenters. The summed E-state index contributed by atoms with van der Waals surface area (Å²) in [5.74, 6) is -0.633. The van der Waals surface area contributed by atoms with Crippen molar-refractivity contribution in [3.63, 3.8) is 0 Å². The predicted molar refractivity (Wildman–Crippen MR) is 138 cm³/mol. The fourth-order valence-electron chi connectivity index (χ4n) is 3.99. The molecule has 1 aromatic heterocycles. The fraction of sp³-hybridized carbons (Fsp3) is 0.185. The van der Waals surface area contributed by atoms with E-state index in [9.17, 15) is 4.79 Å². The standard InChI is InChI=1S/C27H23Cl2N3O4/c28-20-6-11-24(25(29)14-20)27(17-32-13-12-30-18-32)35-16-23(36-27)15-34-22-9-7-21(8-10-22)31-26(33)19-4-2-1-3-5-19/h1-14,18,23H,15-17H2,(H,31,33). The van der Waals surface area contributed by atoms with Crippen molar-refractivity contribution >= 4 is 34.8 Å². The van der Waals surface area contributed by atoms with Gasteiger partial charge in [0.25, 0.3) is 5.91 Å². The Balaban J connectivity index is 1.23. The summed E-state index contributed by atoms with van der Waals surface area (Å²) < 4.78 is 20.4. The molecule has 184 valence electrons. The van der Waals surface area contributed by atoms with Crippen molar-refractivity contribution in [3.05, 3.63) is 113 Å². The molecule has 0 radical (unpaired) electrons. The van der Waals surface area contributed by atoms with E-state index < -0.39 is 5.79 Å². The number of aromatic nitrogens is 2. The van der Waals surface area contributed by atoms with Gasteiger partial charge in [0.2, 0.25) is 5.79 Å². The quantitative estimate of drug-likeness (QED) is 0.316. The summed E-state index contributed by atoms with van der Waals surface area (Å²) in [6.07, 6.45) is 4.89. The summed E-state index contributed by atoms with van der Waals surface area (Å²) in [5, 5.41) is 3.86. The van der Waals surface area contributed by atoms with E-state index >= 15 is 0 Å². The zero-order valence-electron chi connectivity index (χ0n) is 19.1. The number of imidazole rings is 1. The minimum Gasteiger partial charge on any atom is -0.491 e. The molecule has 7 nitrogen and oxygen atoms in total. The number of nitrogens with zero attached hydrogens (tertiary/aromatic N) is 2. The average molecular weight is 524 g/mol. The van der Waals surface area contributed by atoms with Gasteiger partial charge in [-0.3, -0.25) is 4.79 Å². The largest absolute Gasteiger partial charge is 0.491 e. The van der Waals surface area contributed by atoms with E-state index in [2.05, 4.69) is 10.3 Å². The van der Waals surface area contributed by atoms with Crippen molar-refractivity contribution < 1.29 is 19.0 Å². The van der Waals surface area contributed by atoms with Gasteiger partial charge in [0.1, 0.15) is 18.5 Å². The molecule has 5 rings (SSSR count). The molecule has 4 aromatic rings. The van der Waals surface area contributed by atoms with Crippen molar-refractivity contribution in [2.24, 2.45) is 0 Å². The zero-order chi connectivity index (χ0) is 25.0. The number of anilines is 1. The molecule has 0 saturated carbocycles. The van der Waals surface area contributed by atoms with Gasteiger partial charge >= 0.3 is 0 Å². The molecule has 1 saturated heterocycles. The third-order valence-electron chi connectivity index (χ3n) is 5.73. The van der Waals surface area contributed by atoms with Crippen LogP contribution in [0.1, 0.15) is 15.9 Å². The van der Waals surface area contributed by atoms with Gasteiger partial charge in [-0.05, 0) is 48.5 Å². The third kappa shape index (κ3) is 5.55. The molecule has 9 heteroatoms. The molecule has 1 aliphatic rings. The topological polar surface area (TPSA) is 74.6 Å². The van der Waals surface area contributed by atoms with Crippen LogP contribution in [0.4, 0.5) is 5.69 Å². The summed E-state index contributed by atoms with van der Waals surface area (Å²) in [7, 11) is 0. The van der Waals surface area contributed by atoms with Crippen LogP contribution in [0.3, 0.4) is 0 Å². The summed E-state index contributed by atoms with van der Waals surface area (Å²) in [6, 6.07) is 21.5. The zero-order valence-corrected chi connectivity index (χ0v) is 20.7. The van der Waals surface area contributed by atoms with Gasteiger partial charge in [0.15, 0.2) is 0 Å². The third-order valence-corrected chi connectivity index (χ3v) is 6.28. The first-order chi connectivity index (χ1) is 17.5. The molecular formula is C27H23Cl2N3O4. The Morgan fingerprint density at radius 2 is 1.92 bits per heavy atom. The van der Waals surface area contributed by atoms with Crippen LogP contribution in [0.5, 0.6) is 5.75 Å². The lowest BCUT2D eigenvalue weighted by atomic mass is 10.1. The second-order valence-electron chi connectivity index (χ2n) is 8.32. The van der Waals surface area contributed by atoms with Crippen LogP contribution in [0.15, 0.2) is 91.5 Å². The normalized spacial score (nSPS) is 19.2. The number of ether oxygens (including phenoxy) is 3. The first-order valence-corrected chi connectivity index (χ1v) is 12.1. The van der Waals surface area contributed by atoms with Crippen LogP contribution in [0.25, 0.3) is 0 Å². The highest BCUT2D eigenvalue weighted by Crippen LogP contribution is 2.40. The van der Waals surface area contributed by atoms with E-state index in [1.54, 1.807) is 61.1 Å². The first-order valence-electron chi connectivity index (χ1n) is 11.3. The van der Waals surface area contributed by atoms with E-state index in [0.29, 0.717) is 45.8 Å². The molecule has 36 heavy (non-hydrogen) atoms. The molecule has 0 bridgehead atoms. The van der Waals surface area contributed by atoms with Crippen molar-refractivity contribution in [1.82, 2.24) is 9.55 Å². The maximum Gasteiger partial charge on any atom is 0.255 e. The average Bonchev–Trinajstić information content (AvgIpc) is 3.55. The molecule has 3 aromatic carbocycles. The monoisotopic (exact) mass is 523 g/mol. The fourth-order valence-corrected chi connectivity index (χ4v) is 4.54. The second kappa shape index (κ2) is 10.7. The van der Waals surface area contributed by atoms with Crippen molar-refractivity contribution in [2.75, 3.05) is 18.5 Å². The highest BCUT2D eigenvalue weighted by atomic mass is 35.5. The van der Waals surface area contributed by atoms with Crippen LogP contribution in [0.2, 0.25) is 10.0 Å². The Kier molecular flexibility index (Phi) is 7.25. The van der Waals surface area contributed by atoms with Gasteiger partial charge in [0, 0.05) is 34.2 Å². The lowest BCUT2D eigenvalue weighted by molar-refractivity contribution is -0.189. The maximum absolute atomic E-state index is 12.3. The van der Waals surface area contributed by atoms with Crippen LogP contribution in [0, 0.1) is 0 Å². The van der Waals surface area contributed by atoms with E-state index in [4.69, 9.17) is 37.4 Å². The van der Waals surface area contributed by atoms with Crippen molar-refractivity contribution in [1.29, 1.82) is 0 Å². The number of halogens is 2. The summed E-state index contributed by atoms with van der Waals surface area (Å²) in [6.45, 7) is 0.951. The molecule has 1 amide bonds. The van der Waals surface area contributed by atoms with Gasteiger partial charge in [-0.1, -0.05) is 47.5 Å². The van der Waals surface area contributed by atoms with Gasteiger partial charge < -0.3 is 24.1 Å². The number of nitrogens with one attached hydrogen (secondary N) is 1. The van der Waals surface area contributed by atoms with Gasteiger partial charge in [-0.2, -0.15) is 0 Å². The van der Waals surface area contributed by atoms with Crippen LogP contribution < -0.4 is 10.1 Å². The Morgan fingerprint density at radius 1 is 1.11 bits per heavy atom. The summed E-state index contributed by atoms with van der Waals surface area (Å²) in [4.78, 5) is 16.4. The molecule has 1 aliphatic heterocycles. The number of rotatable bonds is 8. The predicted octanol–water partition coefficient (Wildman–Crippen LogP) is 5.79. The highest BCUT2D eigenvalue weighted by molar-refractivity contribution is 6.35. The summed E-state index contributed by atoms with van der Waals surface area (Å²) >= 11 is 12.6. The van der Waals surface area contributed by atoms with Gasteiger partial charge in [0.05, 0.1) is 24.5 Å². The molecule has 0 aliphatic carbocycles.